The van der Waals surface area contributed by atoms with Gasteiger partial charge in [-0.15, -0.1) is 0 Å². The van der Waals surface area contributed by atoms with Gasteiger partial charge in [0.1, 0.15) is 0 Å². The Kier molecular flexibility index (Phi) is 4.76. The lowest BCUT2D eigenvalue weighted by molar-refractivity contribution is -0.145. The minimum absolute atomic E-state index is 0.194. The van der Waals surface area contributed by atoms with Crippen molar-refractivity contribution in [1.29, 1.82) is 0 Å². The van der Waals surface area contributed by atoms with Crippen LogP contribution in [0.25, 0.3) is 0 Å². The molecular weight excluding hydrogens is 246 g/mol. The highest BCUT2D eigenvalue weighted by atomic mass is 16.2. The molecule has 6 heteroatoms. The van der Waals surface area contributed by atoms with Crippen molar-refractivity contribution < 1.29 is 14.4 Å². The maximum Gasteiger partial charge on any atom is 0.311 e. The summed E-state index contributed by atoms with van der Waals surface area (Å²) in [6, 6.07) is 0. The summed E-state index contributed by atoms with van der Waals surface area (Å²) < 4.78 is 0. The van der Waals surface area contributed by atoms with Gasteiger partial charge in [0.05, 0.1) is 0 Å². The predicted octanol–water partition coefficient (Wildman–Crippen LogP) is -0.262. The monoisotopic (exact) mass is 267 g/mol. The van der Waals surface area contributed by atoms with Crippen LogP contribution in [-0.2, 0) is 14.4 Å². The Morgan fingerprint density at radius 1 is 1.11 bits per heavy atom. The Hall–Kier alpha value is -1.59. The van der Waals surface area contributed by atoms with Crippen LogP contribution in [0.3, 0.4) is 0 Å². The van der Waals surface area contributed by atoms with E-state index in [1.165, 1.54) is 0 Å². The molecule has 0 aromatic heterocycles. The Balaban J connectivity index is 1.61. The van der Waals surface area contributed by atoms with Gasteiger partial charge < -0.3 is 15.1 Å². The van der Waals surface area contributed by atoms with Gasteiger partial charge in [-0.2, -0.15) is 0 Å². The second-order valence-corrected chi connectivity index (χ2v) is 5.09. The van der Waals surface area contributed by atoms with Gasteiger partial charge in [-0.1, -0.05) is 0 Å². The summed E-state index contributed by atoms with van der Waals surface area (Å²) in [5.41, 5.74) is 0. The summed E-state index contributed by atoms with van der Waals surface area (Å²) >= 11 is 0. The Morgan fingerprint density at radius 2 is 1.84 bits per heavy atom. The van der Waals surface area contributed by atoms with Crippen LogP contribution in [0.2, 0.25) is 0 Å². The summed E-state index contributed by atoms with van der Waals surface area (Å²) in [6.45, 7) is 3.31. The number of carbonyl (C=O) groups excluding carboxylic acids is 3. The molecule has 0 aliphatic carbocycles. The van der Waals surface area contributed by atoms with Crippen molar-refractivity contribution in [3.05, 3.63) is 0 Å². The first-order valence-electron chi connectivity index (χ1n) is 7.03. The topological polar surface area (TPSA) is 69.7 Å². The van der Waals surface area contributed by atoms with Gasteiger partial charge in [0.2, 0.25) is 5.91 Å². The predicted molar refractivity (Wildman–Crippen MR) is 69.3 cm³/mol. The summed E-state index contributed by atoms with van der Waals surface area (Å²) in [6.07, 6.45) is 4.23. The molecule has 0 spiro atoms. The minimum Gasteiger partial charge on any atom is -0.348 e. The molecule has 3 amide bonds. The van der Waals surface area contributed by atoms with Gasteiger partial charge in [-0.25, -0.2) is 0 Å². The number of amides is 3. The van der Waals surface area contributed by atoms with Crippen LogP contribution in [0, 0.1) is 0 Å². The average Bonchev–Trinajstić information content (AvgIpc) is 3.05. The van der Waals surface area contributed by atoms with Gasteiger partial charge in [-0.05, 0) is 25.7 Å². The fourth-order valence-electron chi connectivity index (χ4n) is 2.55. The summed E-state index contributed by atoms with van der Waals surface area (Å²) in [7, 11) is 0. The molecule has 2 aliphatic rings. The molecule has 106 valence electrons. The van der Waals surface area contributed by atoms with Crippen molar-refractivity contribution in [2.75, 3.05) is 32.7 Å². The van der Waals surface area contributed by atoms with Crippen molar-refractivity contribution in [2.45, 2.75) is 32.1 Å². The number of likely N-dealkylation sites (tertiary alicyclic amines) is 2. The molecule has 6 nitrogen and oxygen atoms in total. The molecule has 2 saturated heterocycles. The quantitative estimate of drug-likeness (QED) is 0.563. The second-order valence-electron chi connectivity index (χ2n) is 5.09. The first kappa shape index (κ1) is 13.8. The molecule has 0 aromatic rings. The summed E-state index contributed by atoms with van der Waals surface area (Å²) in [5.74, 6) is -0.746. The second kappa shape index (κ2) is 6.54. The van der Waals surface area contributed by atoms with Crippen molar-refractivity contribution in [1.82, 2.24) is 15.1 Å². The molecule has 0 bridgehead atoms. The molecule has 0 aromatic carbocycles. The zero-order chi connectivity index (χ0) is 13.7. The number of nitrogens with one attached hydrogen (secondary N) is 1. The van der Waals surface area contributed by atoms with Crippen LogP contribution >= 0.6 is 0 Å². The van der Waals surface area contributed by atoms with E-state index in [0.717, 1.165) is 25.8 Å². The SMILES string of the molecule is O=C(NCCCN1CCCC1=O)C(=O)N1CCCC1. The standard InChI is InChI=1S/C13H21N3O3/c17-11-5-3-9-15(11)10-4-6-14-12(18)13(19)16-7-1-2-8-16/h1-10H2,(H,14,18). The third-order valence-electron chi connectivity index (χ3n) is 3.65. The smallest absolute Gasteiger partial charge is 0.311 e. The fraction of sp³-hybridized carbons (Fsp3) is 0.769. The third kappa shape index (κ3) is 3.68. The van der Waals surface area contributed by atoms with Crippen LogP contribution in [-0.4, -0.2) is 60.2 Å². The molecule has 0 saturated carbocycles. The van der Waals surface area contributed by atoms with Gasteiger partial charge >= 0.3 is 11.8 Å². The normalized spacial score (nSPS) is 19.1. The number of carbonyl (C=O) groups is 3. The molecular formula is C13H21N3O3. The molecule has 0 atom stereocenters. The zero-order valence-corrected chi connectivity index (χ0v) is 11.2. The zero-order valence-electron chi connectivity index (χ0n) is 11.2. The summed E-state index contributed by atoms with van der Waals surface area (Å²) in [4.78, 5) is 38.1. The minimum atomic E-state index is -0.519. The molecule has 19 heavy (non-hydrogen) atoms. The highest BCUT2D eigenvalue weighted by Crippen LogP contribution is 2.09. The molecule has 0 unspecified atom stereocenters. The van der Waals surface area contributed by atoms with E-state index < -0.39 is 11.8 Å². The lowest BCUT2D eigenvalue weighted by atomic mass is 10.3. The highest BCUT2D eigenvalue weighted by molar-refractivity contribution is 6.35. The molecule has 2 fully saturated rings. The first-order chi connectivity index (χ1) is 9.18. The Morgan fingerprint density at radius 3 is 2.47 bits per heavy atom. The average molecular weight is 267 g/mol. The van der Waals surface area contributed by atoms with E-state index in [1.807, 2.05) is 4.90 Å². The van der Waals surface area contributed by atoms with E-state index in [9.17, 15) is 14.4 Å². The van der Waals surface area contributed by atoms with Crippen LogP contribution < -0.4 is 5.32 Å². The van der Waals surface area contributed by atoms with E-state index in [4.69, 9.17) is 0 Å². The van der Waals surface area contributed by atoms with Crippen molar-refractivity contribution in [3.8, 4) is 0 Å². The van der Waals surface area contributed by atoms with E-state index in [-0.39, 0.29) is 5.91 Å². The Bertz CT molecular complexity index is 364. The van der Waals surface area contributed by atoms with Gasteiger partial charge in [0.15, 0.2) is 0 Å². The maximum absolute atomic E-state index is 11.7. The van der Waals surface area contributed by atoms with E-state index in [2.05, 4.69) is 5.32 Å². The van der Waals surface area contributed by atoms with Crippen LogP contribution in [0.1, 0.15) is 32.1 Å². The van der Waals surface area contributed by atoms with Gasteiger partial charge in [0.25, 0.3) is 0 Å². The van der Waals surface area contributed by atoms with Gasteiger partial charge in [-0.3, -0.25) is 14.4 Å². The number of hydrogen-bond donors (Lipinski definition) is 1. The maximum atomic E-state index is 11.7. The highest BCUT2D eigenvalue weighted by Gasteiger charge is 2.24. The first-order valence-corrected chi connectivity index (χ1v) is 7.03. The molecule has 0 radical (unpaired) electrons. The fourth-order valence-corrected chi connectivity index (χ4v) is 2.55. The lowest BCUT2D eigenvalue weighted by Crippen LogP contribution is -2.42. The van der Waals surface area contributed by atoms with Gasteiger partial charge in [0, 0.05) is 39.1 Å². The van der Waals surface area contributed by atoms with Crippen molar-refractivity contribution >= 4 is 17.7 Å². The van der Waals surface area contributed by atoms with Crippen LogP contribution in [0.5, 0.6) is 0 Å². The van der Waals surface area contributed by atoms with Crippen molar-refractivity contribution in [3.63, 3.8) is 0 Å². The number of nitrogens with zero attached hydrogens (tertiary/aromatic N) is 2. The van der Waals surface area contributed by atoms with Crippen LogP contribution in [0.4, 0.5) is 0 Å². The largest absolute Gasteiger partial charge is 0.348 e. The van der Waals surface area contributed by atoms with E-state index >= 15 is 0 Å². The molecule has 1 N–H and O–H groups in total. The molecule has 2 heterocycles. The number of rotatable bonds is 4. The summed E-state index contributed by atoms with van der Waals surface area (Å²) in [5, 5.41) is 2.63. The molecule has 2 aliphatic heterocycles. The Labute approximate surface area is 113 Å². The molecule has 2 rings (SSSR count). The third-order valence-corrected chi connectivity index (χ3v) is 3.65. The van der Waals surface area contributed by atoms with Crippen LogP contribution in [0.15, 0.2) is 0 Å². The lowest BCUT2D eigenvalue weighted by Gasteiger charge is -2.16. The van der Waals surface area contributed by atoms with E-state index in [1.54, 1.807) is 4.90 Å². The van der Waals surface area contributed by atoms with Crippen molar-refractivity contribution in [2.24, 2.45) is 0 Å². The van der Waals surface area contributed by atoms with E-state index in [0.29, 0.717) is 39.0 Å². The number of hydrogen-bond acceptors (Lipinski definition) is 3.